The fourth-order valence-corrected chi connectivity index (χ4v) is 2.97. The summed E-state index contributed by atoms with van der Waals surface area (Å²) in [6.07, 6.45) is 2.33. The predicted molar refractivity (Wildman–Crippen MR) is 132 cm³/mol. The van der Waals surface area contributed by atoms with E-state index in [2.05, 4.69) is 0 Å². The number of ether oxygens (including phenoxy) is 2. The van der Waals surface area contributed by atoms with Crippen LogP contribution in [0.2, 0.25) is 0 Å². The van der Waals surface area contributed by atoms with Gasteiger partial charge in [0.1, 0.15) is 11.2 Å². The van der Waals surface area contributed by atoms with Gasteiger partial charge >= 0.3 is 12.2 Å². The van der Waals surface area contributed by atoms with Gasteiger partial charge in [-0.2, -0.15) is 0 Å². The Balaban J connectivity index is 3.49. The zero-order valence-corrected chi connectivity index (χ0v) is 21.1. The maximum Gasteiger partial charge on any atom is 0.414 e. The molecular weight excluding hydrogens is 408 g/mol. The molecule has 0 bridgehead atoms. The Morgan fingerprint density at radius 1 is 0.750 bits per heavy atom. The minimum atomic E-state index is -0.656. The van der Waals surface area contributed by atoms with Crippen LogP contribution in [0.15, 0.2) is 12.1 Å². The predicted octanol–water partition coefficient (Wildman–Crippen LogP) is 5.93. The molecule has 1 aromatic rings. The number of anilines is 4. The van der Waals surface area contributed by atoms with Gasteiger partial charge < -0.3 is 20.9 Å². The molecule has 0 saturated carbocycles. The second kappa shape index (κ2) is 11.3. The molecule has 0 atom stereocenters. The van der Waals surface area contributed by atoms with Crippen molar-refractivity contribution >= 4 is 34.9 Å². The van der Waals surface area contributed by atoms with Gasteiger partial charge in [0, 0.05) is 13.1 Å². The molecule has 0 unspecified atom stereocenters. The lowest BCUT2D eigenvalue weighted by Gasteiger charge is -2.31. The van der Waals surface area contributed by atoms with Gasteiger partial charge in [0.05, 0.1) is 22.7 Å². The molecular formula is C24H42N4O4. The maximum absolute atomic E-state index is 13.0. The number of rotatable bonds is 8. The van der Waals surface area contributed by atoms with Gasteiger partial charge in [0.25, 0.3) is 0 Å². The van der Waals surface area contributed by atoms with Crippen molar-refractivity contribution in [1.82, 2.24) is 0 Å². The number of nitrogens with two attached hydrogens (primary N) is 2. The minimum Gasteiger partial charge on any atom is -0.443 e. The van der Waals surface area contributed by atoms with E-state index in [1.807, 2.05) is 55.4 Å². The molecule has 0 aliphatic rings. The molecule has 0 aliphatic carbocycles. The lowest BCUT2D eigenvalue weighted by Crippen LogP contribution is -2.39. The summed E-state index contributed by atoms with van der Waals surface area (Å²) in [5.74, 6) is 0. The molecule has 0 saturated heterocycles. The summed E-state index contributed by atoms with van der Waals surface area (Å²) < 4.78 is 11.2. The van der Waals surface area contributed by atoms with E-state index >= 15 is 0 Å². The Morgan fingerprint density at radius 2 is 1.09 bits per heavy atom. The van der Waals surface area contributed by atoms with Crippen molar-refractivity contribution in [2.75, 3.05) is 34.4 Å². The Hall–Kier alpha value is -2.64. The molecule has 0 fully saturated rings. The molecule has 2 amide bonds. The number of nitrogen functional groups attached to an aromatic ring is 2. The van der Waals surface area contributed by atoms with Crippen molar-refractivity contribution in [2.45, 2.75) is 92.3 Å². The van der Waals surface area contributed by atoms with Crippen LogP contribution in [-0.4, -0.2) is 36.5 Å². The minimum absolute atomic E-state index is 0.341. The van der Waals surface area contributed by atoms with Gasteiger partial charge in [0.15, 0.2) is 0 Å². The highest BCUT2D eigenvalue weighted by Gasteiger charge is 2.29. The number of benzene rings is 1. The van der Waals surface area contributed by atoms with Crippen molar-refractivity contribution in [3.05, 3.63) is 12.1 Å². The Morgan fingerprint density at radius 3 is 1.38 bits per heavy atom. The summed E-state index contributed by atoms with van der Waals surface area (Å²) in [7, 11) is 0. The highest BCUT2D eigenvalue weighted by Crippen LogP contribution is 2.36. The van der Waals surface area contributed by atoms with Crippen LogP contribution in [0.25, 0.3) is 0 Å². The second-order valence-corrected chi connectivity index (χ2v) is 9.94. The average molecular weight is 451 g/mol. The van der Waals surface area contributed by atoms with Crippen LogP contribution in [0.1, 0.15) is 81.1 Å². The second-order valence-electron chi connectivity index (χ2n) is 9.94. The van der Waals surface area contributed by atoms with E-state index < -0.39 is 23.4 Å². The molecule has 0 radical (unpaired) electrons. The first-order valence-electron chi connectivity index (χ1n) is 11.4. The van der Waals surface area contributed by atoms with Crippen LogP contribution < -0.4 is 21.3 Å². The molecule has 182 valence electrons. The van der Waals surface area contributed by atoms with Gasteiger partial charge in [0.2, 0.25) is 0 Å². The summed E-state index contributed by atoms with van der Waals surface area (Å²) >= 11 is 0. The number of amides is 2. The number of hydrogen-bond donors (Lipinski definition) is 2. The fraction of sp³-hybridized carbons (Fsp3) is 0.667. The number of carbonyl (C=O) groups is 2. The highest BCUT2D eigenvalue weighted by atomic mass is 16.6. The molecule has 0 aliphatic heterocycles. The lowest BCUT2D eigenvalue weighted by atomic mass is 10.1. The third kappa shape index (κ3) is 8.48. The topological polar surface area (TPSA) is 111 Å². The zero-order chi connectivity index (χ0) is 24.7. The van der Waals surface area contributed by atoms with Gasteiger partial charge in [-0.15, -0.1) is 0 Å². The molecule has 4 N–H and O–H groups in total. The Kier molecular flexibility index (Phi) is 9.67. The van der Waals surface area contributed by atoms with E-state index in [1.165, 1.54) is 9.80 Å². The number of carbonyl (C=O) groups excluding carboxylic acids is 2. The van der Waals surface area contributed by atoms with Crippen molar-refractivity contribution in [3.63, 3.8) is 0 Å². The average Bonchev–Trinajstić information content (AvgIpc) is 2.62. The van der Waals surface area contributed by atoms with Gasteiger partial charge in [-0.1, -0.05) is 26.7 Å². The van der Waals surface area contributed by atoms with E-state index in [0.29, 0.717) is 35.8 Å². The molecule has 32 heavy (non-hydrogen) atoms. The van der Waals surface area contributed by atoms with Crippen LogP contribution in [0.5, 0.6) is 0 Å². The quantitative estimate of drug-likeness (QED) is 0.475. The molecule has 1 rings (SSSR count). The monoisotopic (exact) mass is 450 g/mol. The van der Waals surface area contributed by atoms with Crippen LogP contribution in [-0.2, 0) is 9.47 Å². The summed E-state index contributed by atoms with van der Waals surface area (Å²) in [5.41, 5.74) is 12.8. The number of unbranched alkanes of at least 4 members (excludes halogenated alkanes) is 2. The molecule has 0 spiro atoms. The van der Waals surface area contributed by atoms with Gasteiger partial charge in [-0.3, -0.25) is 9.80 Å². The first-order chi connectivity index (χ1) is 14.7. The van der Waals surface area contributed by atoms with E-state index in [4.69, 9.17) is 20.9 Å². The smallest absolute Gasteiger partial charge is 0.414 e. The molecule has 0 heterocycles. The zero-order valence-electron chi connectivity index (χ0n) is 21.1. The van der Waals surface area contributed by atoms with Gasteiger partial charge in [-0.05, 0) is 66.5 Å². The van der Waals surface area contributed by atoms with E-state index in [-0.39, 0.29) is 0 Å². The van der Waals surface area contributed by atoms with Crippen molar-refractivity contribution < 1.29 is 19.1 Å². The summed E-state index contributed by atoms with van der Waals surface area (Å²) in [4.78, 5) is 29.0. The van der Waals surface area contributed by atoms with Crippen LogP contribution in [0.4, 0.5) is 32.3 Å². The maximum atomic E-state index is 13.0. The number of nitrogens with zero attached hydrogens (tertiary/aromatic N) is 2. The summed E-state index contributed by atoms with van der Waals surface area (Å²) in [6.45, 7) is 15.8. The number of hydrogen-bond acceptors (Lipinski definition) is 6. The molecule has 0 aromatic heterocycles. The van der Waals surface area contributed by atoms with E-state index in [9.17, 15) is 9.59 Å². The van der Waals surface area contributed by atoms with Crippen molar-refractivity contribution in [3.8, 4) is 0 Å². The first kappa shape index (κ1) is 27.4. The Labute approximate surface area is 193 Å². The normalized spacial score (nSPS) is 11.8. The summed E-state index contributed by atoms with van der Waals surface area (Å²) in [6, 6.07) is 3.27. The first-order valence-corrected chi connectivity index (χ1v) is 11.4. The largest absolute Gasteiger partial charge is 0.443 e. The highest BCUT2D eigenvalue weighted by molar-refractivity contribution is 5.99. The molecule has 8 nitrogen and oxygen atoms in total. The van der Waals surface area contributed by atoms with Crippen LogP contribution >= 0.6 is 0 Å². The fourth-order valence-electron chi connectivity index (χ4n) is 2.97. The van der Waals surface area contributed by atoms with E-state index in [1.54, 1.807) is 12.1 Å². The van der Waals surface area contributed by atoms with E-state index in [0.717, 1.165) is 25.7 Å². The molecule has 8 heteroatoms. The lowest BCUT2D eigenvalue weighted by molar-refractivity contribution is 0.0571. The van der Waals surface area contributed by atoms with Crippen molar-refractivity contribution in [2.24, 2.45) is 0 Å². The van der Waals surface area contributed by atoms with Crippen LogP contribution in [0, 0.1) is 0 Å². The summed E-state index contributed by atoms with van der Waals surface area (Å²) in [5, 5.41) is 0. The third-order valence-corrected chi connectivity index (χ3v) is 4.46. The molecule has 1 aromatic carbocycles. The SMILES string of the molecule is CCCCN(C(=O)OC(C)(C)C)c1cc(N(CCCC)C(=O)OC(C)(C)C)c(N)cc1N. The standard InChI is InChI=1S/C24H42N4O4/c1-9-11-13-27(21(29)31-23(3,4)5)19-16-20(18(26)15-17(19)25)28(14-12-10-2)22(30)32-24(6,7)8/h15-16H,9-14,25-26H2,1-8H3. The van der Waals surface area contributed by atoms with Crippen molar-refractivity contribution in [1.29, 1.82) is 0 Å². The third-order valence-electron chi connectivity index (χ3n) is 4.46. The van der Waals surface area contributed by atoms with Gasteiger partial charge in [-0.25, -0.2) is 9.59 Å². The van der Waals surface area contributed by atoms with Crippen LogP contribution in [0.3, 0.4) is 0 Å². The Bertz CT molecular complexity index is 720.